The molecule has 3 heteroatoms. The van der Waals surface area contributed by atoms with Crippen LogP contribution in [0.4, 0.5) is 0 Å². The van der Waals surface area contributed by atoms with Gasteiger partial charge in [-0.15, -0.1) is 0 Å². The molecule has 0 aromatic rings. The van der Waals surface area contributed by atoms with Crippen LogP contribution in [0.25, 0.3) is 0 Å². The summed E-state index contributed by atoms with van der Waals surface area (Å²) in [5, 5.41) is 0. The quantitative estimate of drug-likeness (QED) is 0.578. The van der Waals surface area contributed by atoms with Crippen molar-refractivity contribution in [2.24, 2.45) is 0 Å². The van der Waals surface area contributed by atoms with Gasteiger partial charge in [-0.1, -0.05) is 27.2 Å². The van der Waals surface area contributed by atoms with Gasteiger partial charge in [0.15, 0.2) is 9.84 Å². The summed E-state index contributed by atoms with van der Waals surface area (Å²) in [6, 6.07) is 0. The summed E-state index contributed by atoms with van der Waals surface area (Å²) in [6.07, 6.45) is 3.52. The maximum Gasteiger partial charge on any atom is 0.175 e. The van der Waals surface area contributed by atoms with Crippen molar-refractivity contribution < 1.29 is 0 Å². The van der Waals surface area contributed by atoms with Crippen LogP contribution < -0.4 is 0 Å². The average molecular weight is 172 g/mol. The van der Waals surface area contributed by atoms with Gasteiger partial charge >= 0.3 is 0 Å². The molecule has 0 atom stereocenters. The highest BCUT2D eigenvalue weighted by Crippen LogP contribution is 2.19. The van der Waals surface area contributed by atoms with Gasteiger partial charge in [0.25, 0.3) is 0 Å². The minimum absolute atomic E-state index is 0.0318. The van der Waals surface area contributed by atoms with Gasteiger partial charge in [0.05, 0.1) is 6.17 Å². The van der Waals surface area contributed by atoms with Crippen LogP contribution in [-0.4, -0.2) is 38.2 Å². The van der Waals surface area contributed by atoms with E-state index >= 15 is 0 Å². The maximum atomic E-state index is 2.67. The molecule has 0 radical (unpaired) electrons. The number of rotatable bonds is 4. The van der Waals surface area contributed by atoms with Crippen LogP contribution in [0.2, 0.25) is 0 Å². The summed E-state index contributed by atoms with van der Waals surface area (Å²) in [5.74, 6) is 0. The molecule has 0 bridgehead atoms. The topological polar surface area (TPSA) is 6.48 Å². The molecular formula is C8H20N2Si. The molecule has 11 heavy (non-hydrogen) atoms. The van der Waals surface area contributed by atoms with E-state index in [1.54, 1.807) is 0 Å². The van der Waals surface area contributed by atoms with Crippen LogP contribution >= 0.6 is 0 Å². The summed E-state index contributed by atoms with van der Waals surface area (Å²) in [7, 11) is 0.0318. The van der Waals surface area contributed by atoms with Gasteiger partial charge in [-0.2, -0.15) is 0 Å². The van der Waals surface area contributed by atoms with Crippen molar-refractivity contribution in [3.8, 4) is 0 Å². The number of hydrogen-bond acceptors (Lipinski definition) is 2. The molecule has 0 unspecified atom stereocenters. The smallest absolute Gasteiger partial charge is 0.175 e. The molecule has 0 aromatic carbocycles. The zero-order valence-corrected chi connectivity index (χ0v) is 9.42. The van der Waals surface area contributed by atoms with Crippen LogP contribution in [0.1, 0.15) is 33.6 Å². The fraction of sp³-hybridized carbons (Fsp3) is 1.00. The Morgan fingerprint density at radius 3 is 2.00 bits per heavy atom. The third-order valence-electron chi connectivity index (χ3n) is 2.57. The second-order valence-corrected chi connectivity index (χ2v) is 5.13. The van der Waals surface area contributed by atoms with Gasteiger partial charge in [-0.05, 0) is 19.5 Å². The third-order valence-corrected chi connectivity index (χ3v) is 5.03. The van der Waals surface area contributed by atoms with Gasteiger partial charge in [0.1, 0.15) is 0 Å². The van der Waals surface area contributed by atoms with Crippen LogP contribution in [-0.2, 0) is 0 Å². The lowest BCUT2D eigenvalue weighted by molar-refractivity contribution is 0.0950. The van der Waals surface area contributed by atoms with Crippen LogP contribution in [0.5, 0.6) is 0 Å². The molecule has 0 aromatic heterocycles. The van der Waals surface area contributed by atoms with Gasteiger partial charge < -0.3 is 9.13 Å². The van der Waals surface area contributed by atoms with E-state index < -0.39 is 0 Å². The summed E-state index contributed by atoms with van der Waals surface area (Å²) in [5.41, 5.74) is 0. The Morgan fingerprint density at radius 2 is 1.64 bits per heavy atom. The molecule has 0 saturated carbocycles. The second-order valence-electron chi connectivity index (χ2n) is 3.22. The van der Waals surface area contributed by atoms with E-state index in [2.05, 4.69) is 29.9 Å². The van der Waals surface area contributed by atoms with E-state index in [-0.39, 0.29) is 9.84 Å². The zero-order chi connectivity index (χ0) is 8.27. The molecule has 1 aliphatic rings. The molecule has 0 aliphatic carbocycles. The largest absolute Gasteiger partial charge is 0.302 e. The molecule has 1 fully saturated rings. The molecule has 0 amide bonds. The van der Waals surface area contributed by atoms with E-state index in [4.69, 9.17) is 0 Å². The predicted octanol–water partition coefficient (Wildman–Crippen LogP) is 0.769. The first-order valence-electron chi connectivity index (χ1n) is 4.81. The van der Waals surface area contributed by atoms with Gasteiger partial charge in [-0.25, -0.2) is 0 Å². The molecule has 1 aliphatic heterocycles. The van der Waals surface area contributed by atoms with Crippen molar-refractivity contribution in [3.63, 3.8) is 0 Å². The fourth-order valence-corrected chi connectivity index (χ4v) is 3.56. The maximum absolute atomic E-state index is 2.67. The van der Waals surface area contributed by atoms with Crippen molar-refractivity contribution in [1.82, 2.24) is 9.13 Å². The van der Waals surface area contributed by atoms with Crippen LogP contribution in [0.15, 0.2) is 0 Å². The zero-order valence-electron chi connectivity index (χ0n) is 8.01. The Hall–Kier alpha value is 0.137. The van der Waals surface area contributed by atoms with E-state index in [1.165, 1.54) is 25.9 Å². The Kier molecular flexibility index (Phi) is 3.55. The van der Waals surface area contributed by atoms with Crippen molar-refractivity contribution in [3.05, 3.63) is 0 Å². The normalized spacial score (nSPS) is 29.2. The van der Waals surface area contributed by atoms with E-state index in [0.29, 0.717) is 0 Å². The van der Waals surface area contributed by atoms with Crippen molar-refractivity contribution in [2.45, 2.75) is 39.8 Å². The van der Waals surface area contributed by atoms with Gasteiger partial charge in [0, 0.05) is 0 Å². The number of hydrogen-bond donors (Lipinski definition) is 0. The standard InChI is InChI=1S/C8H20N2Si/c1-4-7-8-9(5-2)11-10(8)6-3/h8H,4-7,11H2,1-3H3. The van der Waals surface area contributed by atoms with Crippen LogP contribution in [0.3, 0.4) is 0 Å². The summed E-state index contributed by atoms with van der Waals surface area (Å²) in [4.78, 5) is 0. The summed E-state index contributed by atoms with van der Waals surface area (Å²) in [6.45, 7) is 9.38. The lowest BCUT2D eigenvalue weighted by Gasteiger charge is -2.50. The molecule has 1 heterocycles. The van der Waals surface area contributed by atoms with Gasteiger partial charge in [-0.3, -0.25) is 0 Å². The van der Waals surface area contributed by atoms with Crippen molar-refractivity contribution >= 4 is 9.84 Å². The molecule has 0 N–H and O–H groups in total. The number of nitrogens with zero attached hydrogens (tertiary/aromatic N) is 2. The first kappa shape index (κ1) is 9.23. The van der Waals surface area contributed by atoms with E-state index in [9.17, 15) is 0 Å². The predicted molar refractivity (Wildman–Crippen MR) is 52.0 cm³/mol. The highest BCUT2D eigenvalue weighted by molar-refractivity contribution is 6.32. The Labute approximate surface area is 72.5 Å². The molecule has 66 valence electrons. The third kappa shape index (κ3) is 1.83. The molecular weight excluding hydrogens is 152 g/mol. The van der Waals surface area contributed by atoms with E-state index in [1.807, 2.05) is 0 Å². The molecule has 1 saturated heterocycles. The first-order valence-corrected chi connectivity index (χ1v) is 6.08. The monoisotopic (exact) mass is 172 g/mol. The van der Waals surface area contributed by atoms with Crippen molar-refractivity contribution in [2.75, 3.05) is 13.1 Å². The molecule has 1 rings (SSSR count). The Balaban J connectivity index is 2.30. The summed E-state index contributed by atoms with van der Waals surface area (Å²) < 4.78 is 5.35. The second kappa shape index (κ2) is 4.23. The van der Waals surface area contributed by atoms with Crippen LogP contribution in [0, 0.1) is 0 Å². The first-order chi connectivity index (χ1) is 5.33. The highest BCUT2D eigenvalue weighted by Gasteiger charge is 2.32. The molecule has 0 spiro atoms. The van der Waals surface area contributed by atoms with Crippen molar-refractivity contribution in [1.29, 1.82) is 0 Å². The minimum atomic E-state index is 0.0318. The lowest BCUT2D eigenvalue weighted by atomic mass is 10.2. The summed E-state index contributed by atoms with van der Waals surface area (Å²) >= 11 is 0. The van der Waals surface area contributed by atoms with E-state index in [0.717, 1.165) is 6.17 Å². The Bertz CT molecular complexity index is 109. The average Bonchev–Trinajstić information content (AvgIpc) is 2.00. The SMILES string of the molecule is CCCC1N(CC)[SiH2]N1CC. The fourth-order valence-electron chi connectivity index (χ4n) is 1.80. The minimum Gasteiger partial charge on any atom is -0.302 e. The van der Waals surface area contributed by atoms with Gasteiger partial charge in [0.2, 0.25) is 0 Å². The lowest BCUT2D eigenvalue weighted by Crippen LogP contribution is -2.66. The molecule has 2 nitrogen and oxygen atoms in total. The highest BCUT2D eigenvalue weighted by atomic mass is 28.2. The Morgan fingerprint density at radius 1 is 1.09 bits per heavy atom.